The Balaban J connectivity index is 1.12. The van der Waals surface area contributed by atoms with E-state index >= 15 is 0 Å². The van der Waals surface area contributed by atoms with E-state index in [4.69, 9.17) is 9.47 Å². The predicted octanol–water partition coefficient (Wildman–Crippen LogP) is 7.46. The number of ketones is 2. The molecule has 2 unspecified atom stereocenters. The van der Waals surface area contributed by atoms with Gasteiger partial charge in [-0.05, 0) is 107 Å². The van der Waals surface area contributed by atoms with Crippen molar-refractivity contribution in [2.24, 2.45) is 35.5 Å². The van der Waals surface area contributed by atoms with E-state index in [1.165, 1.54) is 64.2 Å². The average molecular weight is 501 g/mol. The molecule has 0 aromatic carbocycles. The van der Waals surface area contributed by atoms with E-state index in [2.05, 4.69) is 13.8 Å². The molecule has 0 amide bonds. The van der Waals surface area contributed by atoms with Crippen molar-refractivity contribution in [3.8, 4) is 0 Å². The first kappa shape index (κ1) is 26.9. The summed E-state index contributed by atoms with van der Waals surface area (Å²) in [7, 11) is 0. The third kappa shape index (κ3) is 5.51. The van der Waals surface area contributed by atoms with Gasteiger partial charge in [-0.25, -0.2) is 0 Å². The molecule has 0 spiro atoms. The minimum absolute atomic E-state index is 0.0155. The van der Waals surface area contributed by atoms with Crippen molar-refractivity contribution >= 4 is 11.6 Å². The molecule has 0 aliphatic heterocycles. The number of ether oxygens (including phenoxy) is 2. The smallest absolute Gasteiger partial charge is 0.161 e. The Morgan fingerprint density at radius 1 is 0.611 bits per heavy atom. The Morgan fingerprint density at radius 3 is 1.50 bits per heavy atom. The average Bonchev–Trinajstić information content (AvgIpc) is 2.93. The highest BCUT2D eigenvalue weighted by atomic mass is 16.5. The van der Waals surface area contributed by atoms with Gasteiger partial charge in [-0.15, -0.1) is 0 Å². The van der Waals surface area contributed by atoms with Crippen LogP contribution in [0, 0.1) is 35.5 Å². The lowest BCUT2D eigenvalue weighted by Gasteiger charge is -2.49. The van der Waals surface area contributed by atoms with Gasteiger partial charge in [0.25, 0.3) is 0 Å². The lowest BCUT2D eigenvalue weighted by molar-refractivity contribution is -0.157. The maximum Gasteiger partial charge on any atom is 0.161 e. The van der Waals surface area contributed by atoms with Crippen LogP contribution in [0.15, 0.2) is 0 Å². The molecular formula is C32H52O4. The molecule has 0 aromatic heterocycles. The van der Waals surface area contributed by atoms with Gasteiger partial charge in [-0.1, -0.05) is 46.0 Å². The molecule has 0 heterocycles. The largest absolute Gasteiger partial charge is 0.367 e. The maximum absolute atomic E-state index is 13.3. The molecule has 4 nitrogen and oxygen atoms in total. The van der Waals surface area contributed by atoms with E-state index in [9.17, 15) is 9.59 Å². The standard InChI is InChI=1S/C32H52O4/c1-3-31(16-14-23-8-5-12-27(31)18-23)35-21-29(33)25-10-7-11-26(20-25)30(34)22-36-32(4-2)17-15-24-9-6-13-28(32)19-24/h23-28H,3-22H2,1-2H3/t23-,24+,25?,26?,27-,28+,31-,32+. The van der Waals surface area contributed by atoms with Crippen LogP contribution in [0.5, 0.6) is 0 Å². The third-order valence-electron chi connectivity index (χ3n) is 11.8. The van der Waals surface area contributed by atoms with E-state index in [0.717, 1.165) is 56.8 Å². The summed E-state index contributed by atoms with van der Waals surface area (Å²) in [6.45, 7) is 4.99. The molecule has 5 aliphatic carbocycles. The van der Waals surface area contributed by atoms with Crippen LogP contribution < -0.4 is 0 Å². The van der Waals surface area contributed by atoms with Gasteiger partial charge in [0, 0.05) is 11.8 Å². The van der Waals surface area contributed by atoms with Crippen molar-refractivity contribution < 1.29 is 19.1 Å². The molecule has 0 radical (unpaired) electrons. The van der Waals surface area contributed by atoms with E-state index < -0.39 is 0 Å². The molecule has 8 atom stereocenters. The zero-order valence-electron chi connectivity index (χ0n) is 23.2. The Kier molecular flexibility index (Phi) is 8.62. The monoisotopic (exact) mass is 500 g/mol. The summed E-state index contributed by atoms with van der Waals surface area (Å²) in [6, 6.07) is 0. The van der Waals surface area contributed by atoms with Crippen molar-refractivity contribution in [1.82, 2.24) is 0 Å². The molecule has 5 fully saturated rings. The third-order valence-corrected chi connectivity index (χ3v) is 11.8. The zero-order valence-corrected chi connectivity index (χ0v) is 23.2. The molecule has 204 valence electrons. The summed E-state index contributed by atoms with van der Waals surface area (Å²) in [6.07, 6.45) is 20.8. The van der Waals surface area contributed by atoms with Gasteiger partial charge in [0.15, 0.2) is 11.6 Å². The minimum atomic E-state index is -0.0864. The molecule has 5 rings (SSSR count). The van der Waals surface area contributed by atoms with Crippen molar-refractivity contribution in [1.29, 1.82) is 0 Å². The van der Waals surface area contributed by atoms with E-state index in [1.54, 1.807) is 0 Å². The highest BCUT2D eigenvalue weighted by Crippen LogP contribution is 2.50. The van der Waals surface area contributed by atoms with Gasteiger partial charge < -0.3 is 9.47 Å². The van der Waals surface area contributed by atoms with E-state index in [0.29, 0.717) is 18.3 Å². The van der Waals surface area contributed by atoms with Crippen LogP contribution in [0.2, 0.25) is 0 Å². The van der Waals surface area contributed by atoms with Gasteiger partial charge >= 0.3 is 0 Å². The Labute approximate surface area is 220 Å². The minimum Gasteiger partial charge on any atom is -0.367 e. The van der Waals surface area contributed by atoms with Crippen LogP contribution in [-0.2, 0) is 19.1 Å². The Hall–Kier alpha value is -0.740. The van der Waals surface area contributed by atoms with Gasteiger partial charge in [0.1, 0.15) is 13.2 Å². The summed E-state index contributed by atoms with van der Waals surface area (Å²) in [5.41, 5.74) is -0.173. The van der Waals surface area contributed by atoms with E-state index in [1.807, 2.05) is 0 Å². The number of rotatable bonds is 10. The number of carbonyl (C=O) groups excluding carboxylic acids is 2. The fourth-order valence-electron chi connectivity index (χ4n) is 9.32. The fourth-order valence-corrected chi connectivity index (χ4v) is 9.32. The second-order valence-corrected chi connectivity index (χ2v) is 13.4. The highest BCUT2D eigenvalue weighted by molar-refractivity contribution is 5.86. The molecule has 36 heavy (non-hydrogen) atoms. The topological polar surface area (TPSA) is 52.6 Å². The normalized spacial score (nSPS) is 42.6. The van der Waals surface area contributed by atoms with Crippen LogP contribution in [0.4, 0.5) is 0 Å². The molecule has 4 bridgehead atoms. The molecular weight excluding hydrogens is 448 g/mol. The van der Waals surface area contributed by atoms with Gasteiger partial charge in [0.05, 0.1) is 11.2 Å². The molecule has 0 aromatic rings. The van der Waals surface area contributed by atoms with Crippen molar-refractivity contribution in [2.45, 2.75) is 141 Å². The number of Topliss-reactive ketones (excluding diaryl/α,β-unsaturated/α-hetero) is 2. The second-order valence-electron chi connectivity index (χ2n) is 13.4. The van der Waals surface area contributed by atoms with Crippen LogP contribution in [0.1, 0.15) is 129 Å². The van der Waals surface area contributed by atoms with E-state index in [-0.39, 0.29) is 47.8 Å². The summed E-state index contributed by atoms with van der Waals surface area (Å²) in [4.78, 5) is 26.6. The lowest BCUT2D eigenvalue weighted by atomic mass is 9.63. The summed E-state index contributed by atoms with van der Waals surface area (Å²) >= 11 is 0. The van der Waals surface area contributed by atoms with Crippen LogP contribution in [-0.4, -0.2) is 36.0 Å². The second kappa shape index (κ2) is 11.6. The fraction of sp³-hybridized carbons (Fsp3) is 0.938. The lowest BCUT2D eigenvalue weighted by Crippen LogP contribution is -2.48. The molecule has 4 heteroatoms. The predicted molar refractivity (Wildman–Crippen MR) is 143 cm³/mol. The number of hydrogen-bond acceptors (Lipinski definition) is 4. The summed E-state index contributed by atoms with van der Waals surface area (Å²) in [5.74, 6) is 3.48. The Morgan fingerprint density at radius 2 is 1.06 bits per heavy atom. The molecule has 5 aliphatic rings. The van der Waals surface area contributed by atoms with Gasteiger partial charge in [0.2, 0.25) is 0 Å². The van der Waals surface area contributed by atoms with Crippen LogP contribution >= 0.6 is 0 Å². The van der Waals surface area contributed by atoms with Crippen molar-refractivity contribution in [2.75, 3.05) is 13.2 Å². The molecule has 5 saturated carbocycles. The Bertz CT molecular complexity index is 716. The van der Waals surface area contributed by atoms with Crippen molar-refractivity contribution in [3.63, 3.8) is 0 Å². The molecule has 0 N–H and O–H groups in total. The van der Waals surface area contributed by atoms with Gasteiger partial charge in [-0.2, -0.15) is 0 Å². The van der Waals surface area contributed by atoms with Crippen LogP contribution in [0.3, 0.4) is 0 Å². The van der Waals surface area contributed by atoms with Gasteiger partial charge in [-0.3, -0.25) is 9.59 Å². The maximum atomic E-state index is 13.3. The first-order valence-electron chi connectivity index (χ1n) is 15.8. The number of carbonyl (C=O) groups is 2. The summed E-state index contributed by atoms with van der Waals surface area (Å²) in [5, 5.41) is 0. The summed E-state index contributed by atoms with van der Waals surface area (Å²) < 4.78 is 13.1. The number of hydrogen-bond donors (Lipinski definition) is 0. The first-order valence-corrected chi connectivity index (χ1v) is 15.8. The first-order chi connectivity index (χ1) is 17.5. The van der Waals surface area contributed by atoms with Crippen LogP contribution in [0.25, 0.3) is 0 Å². The number of fused-ring (bicyclic) bond motifs is 4. The SMILES string of the molecule is CC[C@@]1(OCC(=O)C2CCCC(C(=O)CO[C@@]3(CC)CC[C@@H]4CCC[C@H]3C4)C2)CC[C@H]2CCC[C@@H]1C2. The van der Waals surface area contributed by atoms with Crippen molar-refractivity contribution in [3.05, 3.63) is 0 Å². The zero-order chi connectivity index (χ0) is 25.2. The quantitative estimate of drug-likeness (QED) is 0.312. The molecule has 0 saturated heterocycles. The highest BCUT2D eigenvalue weighted by Gasteiger charge is 2.47.